The number of aromatic amines is 1. The van der Waals surface area contributed by atoms with Gasteiger partial charge in [-0.15, -0.1) is 0 Å². The van der Waals surface area contributed by atoms with Crippen molar-refractivity contribution in [3.8, 4) is 11.1 Å². The molecule has 1 aromatic heterocycles. The average Bonchev–Trinajstić information content (AvgIpc) is 3.33. The van der Waals surface area contributed by atoms with E-state index in [4.69, 9.17) is 0 Å². The fraction of sp³-hybridized carbons (Fsp3) is 0.211. The topological polar surface area (TPSA) is 82.1 Å². The number of nitrogens with zero attached hydrogens (tertiary/aromatic N) is 3. The molecule has 6 nitrogen and oxygen atoms in total. The van der Waals surface area contributed by atoms with Crippen molar-refractivity contribution >= 4 is 5.91 Å². The number of benzene rings is 2. The molecule has 1 fully saturated rings. The zero-order valence-corrected chi connectivity index (χ0v) is 13.6. The molecule has 0 bridgehead atoms. The largest absolute Gasteiger partial charge is 0.381 e. The molecule has 1 unspecified atom stereocenters. The smallest absolute Gasteiger partial charge is 0.253 e. The first-order valence-electron chi connectivity index (χ1n) is 8.19. The van der Waals surface area contributed by atoms with Gasteiger partial charge in [-0.1, -0.05) is 42.5 Å². The van der Waals surface area contributed by atoms with Gasteiger partial charge in [0.2, 0.25) is 0 Å². The van der Waals surface area contributed by atoms with Crippen LogP contribution in [0.2, 0.25) is 0 Å². The van der Waals surface area contributed by atoms with Crippen molar-refractivity contribution in [3.63, 3.8) is 0 Å². The van der Waals surface area contributed by atoms with E-state index in [2.05, 4.69) is 15.4 Å². The van der Waals surface area contributed by atoms with Crippen molar-refractivity contribution in [1.82, 2.24) is 20.3 Å². The Morgan fingerprint density at radius 2 is 1.80 bits per heavy atom. The monoisotopic (exact) mass is 334 g/mol. The van der Waals surface area contributed by atoms with Crippen LogP contribution in [0.1, 0.15) is 22.5 Å². The zero-order chi connectivity index (χ0) is 17.3. The van der Waals surface area contributed by atoms with Gasteiger partial charge in [0.05, 0.1) is 12.7 Å². The van der Waals surface area contributed by atoms with E-state index in [1.807, 2.05) is 54.6 Å². The second kappa shape index (κ2) is 6.14. The number of H-pyrrole nitrogens is 1. The molecule has 1 aliphatic heterocycles. The van der Waals surface area contributed by atoms with Crippen LogP contribution in [-0.2, 0) is 5.60 Å². The van der Waals surface area contributed by atoms with E-state index in [0.29, 0.717) is 24.2 Å². The first-order chi connectivity index (χ1) is 12.2. The molecule has 2 N–H and O–H groups in total. The fourth-order valence-corrected chi connectivity index (χ4v) is 3.22. The Hall–Kier alpha value is -2.99. The van der Waals surface area contributed by atoms with E-state index in [0.717, 1.165) is 11.1 Å². The third kappa shape index (κ3) is 2.92. The van der Waals surface area contributed by atoms with E-state index >= 15 is 0 Å². The predicted octanol–water partition coefficient (Wildman–Crippen LogP) is 2.21. The van der Waals surface area contributed by atoms with Crippen LogP contribution in [0.15, 0.2) is 60.8 Å². The second-order valence-corrected chi connectivity index (χ2v) is 6.31. The highest BCUT2D eigenvalue weighted by molar-refractivity contribution is 5.95. The van der Waals surface area contributed by atoms with Crippen molar-refractivity contribution in [1.29, 1.82) is 0 Å². The maximum absolute atomic E-state index is 12.7. The third-order valence-electron chi connectivity index (χ3n) is 4.67. The summed E-state index contributed by atoms with van der Waals surface area (Å²) in [5, 5.41) is 20.9. The van der Waals surface area contributed by atoms with Gasteiger partial charge in [-0.3, -0.25) is 4.79 Å². The molecule has 6 heteroatoms. The van der Waals surface area contributed by atoms with Crippen molar-refractivity contribution in [3.05, 3.63) is 72.1 Å². The number of likely N-dealkylation sites (tertiary alicyclic amines) is 1. The second-order valence-electron chi connectivity index (χ2n) is 6.31. The number of carbonyl (C=O) groups excluding carboxylic acids is 1. The summed E-state index contributed by atoms with van der Waals surface area (Å²) in [6.07, 6.45) is 1.95. The number of aliphatic hydroxyl groups is 1. The van der Waals surface area contributed by atoms with Crippen LogP contribution in [0.25, 0.3) is 11.1 Å². The first kappa shape index (κ1) is 15.5. The van der Waals surface area contributed by atoms with E-state index in [9.17, 15) is 9.90 Å². The molecule has 1 saturated heterocycles. The van der Waals surface area contributed by atoms with Gasteiger partial charge in [0.25, 0.3) is 5.91 Å². The van der Waals surface area contributed by atoms with Gasteiger partial charge in [0.15, 0.2) is 0 Å². The molecular weight excluding hydrogens is 316 g/mol. The van der Waals surface area contributed by atoms with Crippen LogP contribution in [0.3, 0.4) is 0 Å². The van der Waals surface area contributed by atoms with Gasteiger partial charge in [-0.05, 0) is 23.3 Å². The van der Waals surface area contributed by atoms with Gasteiger partial charge >= 0.3 is 0 Å². The summed E-state index contributed by atoms with van der Waals surface area (Å²) in [4.78, 5) is 14.4. The Morgan fingerprint density at radius 3 is 2.48 bits per heavy atom. The maximum Gasteiger partial charge on any atom is 0.253 e. The summed E-state index contributed by atoms with van der Waals surface area (Å²) in [7, 11) is 0. The Kier molecular flexibility index (Phi) is 3.82. The van der Waals surface area contributed by atoms with Gasteiger partial charge in [-0.2, -0.15) is 15.4 Å². The number of hydrogen-bond donors (Lipinski definition) is 2. The number of amides is 1. The number of rotatable bonds is 3. The van der Waals surface area contributed by atoms with E-state index in [-0.39, 0.29) is 12.5 Å². The summed E-state index contributed by atoms with van der Waals surface area (Å²) in [6, 6.07) is 17.6. The molecule has 3 aromatic rings. The van der Waals surface area contributed by atoms with Gasteiger partial charge in [-0.25, -0.2) is 0 Å². The van der Waals surface area contributed by atoms with E-state index in [1.54, 1.807) is 4.90 Å². The SMILES string of the molecule is O=C(c1ccc(-c2ccccc2)cc1)N1CCC(O)(c2cn[nH]n2)C1. The maximum atomic E-state index is 12.7. The highest BCUT2D eigenvalue weighted by atomic mass is 16.3. The Labute approximate surface area is 145 Å². The lowest BCUT2D eigenvalue weighted by molar-refractivity contribution is 0.0382. The predicted molar refractivity (Wildman–Crippen MR) is 92.7 cm³/mol. The molecule has 0 aliphatic carbocycles. The molecular formula is C19H18N4O2. The van der Waals surface area contributed by atoms with Crippen molar-refractivity contribution in [2.75, 3.05) is 13.1 Å². The summed E-state index contributed by atoms with van der Waals surface area (Å²) in [5.41, 5.74) is 2.14. The van der Waals surface area contributed by atoms with Crippen LogP contribution >= 0.6 is 0 Å². The Balaban J connectivity index is 1.50. The zero-order valence-electron chi connectivity index (χ0n) is 13.6. The van der Waals surface area contributed by atoms with Gasteiger partial charge in [0.1, 0.15) is 11.3 Å². The fourth-order valence-electron chi connectivity index (χ4n) is 3.22. The van der Waals surface area contributed by atoms with E-state index in [1.165, 1.54) is 6.20 Å². The highest BCUT2D eigenvalue weighted by Gasteiger charge is 2.41. The summed E-state index contributed by atoms with van der Waals surface area (Å²) in [5.74, 6) is -0.0842. The number of hydrogen-bond acceptors (Lipinski definition) is 4. The minimum atomic E-state index is -1.13. The number of β-amino-alcohol motifs (C(OH)–C–C–N with tert-alkyl or cyclic N) is 1. The number of aromatic nitrogens is 3. The molecule has 1 atom stereocenters. The van der Waals surface area contributed by atoms with Crippen molar-refractivity contribution < 1.29 is 9.90 Å². The number of carbonyl (C=O) groups is 1. The summed E-state index contributed by atoms with van der Waals surface area (Å²) in [6.45, 7) is 0.710. The Bertz CT molecular complexity index is 862. The first-order valence-corrected chi connectivity index (χ1v) is 8.19. The van der Waals surface area contributed by atoms with Crippen LogP contribution in [0.5, 0.6) is 0 Å². The van der Waals surface area contributed by atoms with Crippen molar-refractivity contribution in [2.24, 2.45) is 0 Å². The Morgan fingerprint density at radius 1 is 1.08 bits per heavy atom. The lowest BCUT2D eigenvalue weighted by Crippen LogP contribution is -2.34. The lowest BCUT2D eigenvalue weighted by atomic mass is 10.00. The van der Waals surface area contributed by atoms with Crippen LogP contribution in [-0.4, -0.2) is 44.4 Å². The average molecular weight is 334 g/mol. The quantitative estimate of drug-likeness (QED) is 0.769. The third-order valence-corrected chi connectivity index (χ3v) is 4.67. The number of nitrogens with one attached hydrogen (secondary N) is 1. The molecule has 0 spiro atoms. The van der Waals surface area contributed by atoms with Gasteiger partial charge < -0.3 is 10.0 Å². The molecule has 2 heterocycles. The molecule has 126 valence electrons. The van der Waals surface area contributed by atoms with Crippen LogP contribution in [0.4, 0.5) is 0 Å². The highest BCUT2D eigenvalue weighted by Crippen LogP contribution is 2.31. The van der Waals surface area contributed by atoms with E-state index < -0.39 is 5.60 Å². The molecule has 4 rings (SSSR count). The normalized spacial score (nSPS) is 20.0. The van der Waals surface area contributed by atoms with Crippen LogP contribution < -0.4 is 0 Å². The summed E-state index contributed by atoms with van der Waals surface area (Å²) >= 11 is 0. The molecule has 25 heavy (non-hydrogen) atoms. The minimum Gasteiger partial charge on any atom is -0.381 e. The van der Waals surface area contributed by atoms with Crippen molar-refractivity contribution in [2.45, 2.75) is 12.0 Å². The molecule has 0 radical (unpaired) electrons. The summed E-state index contributed by atoms with van der Waals surface area (Å²) < 4.78 is 0. The molecule has 1 amide bonds. The minimum absolute atomic E-state index is 0.0842. The molecule has 2 aromatic carbocycles. The van der Waals surface area contributed by atoms with Gasteiger partial charge in [0, 0.05) is 18.5 Å². The standard InChI is InChI=1S/C19H18N4O2/c24-18(23-11-10-19(25,13-23)17-12-20-22-21-17)16-8-6-15(7-9-16)14-4-2-1-3-5-14/h1-9,12,25H,10-11,13H2,(H,20,21,22). The molecule has 1 aliphatic rings. The van der Waals surface area contributed by atoms with Crippen LogP contribution in [0, 0.1) is 0 Å². The lowest BCUT2D eigenvalue weighted by Gasteiger charge is -2.21. The molecule has 0 saturated carbocycles.